The molecule has 118 valence electrons. The average Bonchev–Trinajstić information content (AvgIpc) is 3.24. The fourth-order valence-corrected chi connectivity index (χ4v) is 3.64. The van der Waals surface area contributed by atoms with Crippen LogP contribution < -0.4 is 10.5 Å². The van der Waals surface area contributed by atoms with Crippen LogP contribution in [0, 0.1) is 11.7 Å². The predicted molar refractivity (Wildman–Crippen MR) is 80.7 cm³/mol. The molecular weight excluding hydrogens is 363 g/mol. The van der Waals surface area contributed by atoms with E-state index in [4.69, 9.17) is 10.5 Å². The maximum atomic E-state index is 14.1. The lowest BCUT2D eigenvalue weighted by atomic mass is 10.2. The number of sulfonamides is 1. The van der Waals surface area contributed by atoms with E-state index in [1.54, 1.807) is 0 Å². The molecule has 1 aromatic rings. The monoisotopic (exact) mass is 380 g/mol. The Morgan fingerprint density at radius 3 is 2.76 bits per heavy atom. The van der Waals surface area contributed by atoms with Crippen LogP contribution in [-0.2, 0) is 21.3 Å². The summed E-state index contributed by atoms with van der Waals surface area (Å²) in [4.78, 5) is -0.403. The second-order valence-corrected chi connectivity index (χ2v) is 7.65. The number of nitrogens with two attached hydrogens (primary N) is 1. The number of hydrogen-bond acceptors (Lipinski definition) is 4. The molecule has 0 bridgehead atoms. The van der Waals surface area contributed by atoms with Gasteiger partial charge in [-0.2, -0.15) is 0 Å². The lowest BCUT2D eigenvalue weighted by molar-refractivity contribution is 0.129. The van der Waals surface area contributed by atoms with Crippen LogP contribution in [0.1, 0.15) is 18.4 Å². The Bertz CT molecular complexity index is 606. The molecule has 0 saturated heterocycles. The van der Waals surface area contributed by atoms with Gasteiger partial charge in [0.25, 0.3) is 0 Å². The SMILES string of the molecule is NCc1cc(Br)cc(S(=O)(=O)NCCOCC2CC2)c1F. The molecule has 2 rings (SSSR count). The number of halogens is 2. The average molecular weight is 381 g/mol. The van der Waals surface area contributed by atoms with Gasteiger partial charge in [0.15, 0.2) is 0 Å². The van der Waals surface area contributed by atoms with Crippen molar-refractivity contribution in [1.82, 2.24) is 4.72 Å². The fraction of sp³-hybridized carbons (Fsp3) is 0.538. The van der Waals surface area contributed by atoms with E-state index in [9.17, 15) is 12.8 Å². The highest BCUT2D eigenvalue weighted by molar-refractivity contribution is 9.10. The third kappa shape index (κ3) is 4.72. The minimum absolute atomic E-state index is 0.0711. The van der Waals surface area contributed by atoms with Crippen molar-refractivity contribution in [3.05, 3.63) is 28.0 Å². The van der Waals surface area contributed by atoms with E-state index in [0.29, 0.717) is 17.0 Å². The maximum Gasteiger partial charge on any atom is 0.243 e. The highest BCUT2D eigenvalue weighted by atomic mass is 79.9. The van der Waals surface area contributed by atoms with Gasteiger partial charge in [0.1, 0.15) is 10.7 Å². The van der Waals surface area contributed by atoms with E-state index in [-0.39, 0.29) is 25.3 Å². The molecule has 1 saturated carbocycles. The first-order valence-electron chi connectivity index (χ1n) is 6.69. The van der Waals surface area contributed by atoms with Crippen molar-refractivity contribution in [2.24, 2.45) is 11.7 Å². The molecule has 1 aliphatic carbocycles. The lowest BCUT2D eigenvalue weighted by Crippen LogP contribution is -2.28. The molecule has 0 heterocycles. The molecule has 0 atom stereocenters. The molecule has 0 aromatic heterocycles. The van der Waals surface area contributed by atoms with Crippen molar-refractivity contribution in [2.75, 3.05) is 19.8 Å². The molecule has 0 spiro atoms. The normalized spacial score (nSPS) is 15.4. The van der Waals surface area contributed by atoms with Crippen molar-refractivity contribution < 1.29 is 17.5 Å². The number of hydrogen-bond donors (Lipinski definition) is 2. The fourth-order valence-electron chi connectivity index (χ4n) is 1.82. The van der Waals surface area contributed by atoms with Crippen LogP contribution in [0.2, 0.25) is 0 Å². The van der Waals surface area contributed by atoms with Crippen molar-refractivity contribution in [2.45, 2.75) is 24.3 Å². The topological polar surface area (TPSA) is 81.4 Å². The third-order valence-electron chi connectivity index (χ3n) is 3.18. The first-order chi connectivity index (χ1) is 9.94. The van der Waals surface area contributed by atoms with E-state index in [1.807, 2.05) is 0 Å². The van der Waals surface area contributed by atoms with E-state index >= 15 is 0 Å². The molecule has 21 heavy (non-hydrogen) atoms. The minimum atomic E-state index is -3.92. The van der Waals surface area contributed by atoms with Crippen molar-refractivity contribution in [3.63, 3.8) is 0 Å². The molecule has 0 amide bonds. The maximum absolute atomic E-state index is 14.1. The summed E-state index contributed by atoms with van der Waals surface area (Å²) in [5.74, 6) is -0.191. The van der Waals surface area contributed by atoms with Crippen LogP contribution in [-0.4, -0.2) is 28.2 Å². The quantitative estimate of drug-likeness (QED) is 0.673. The highest BCUT2D eigenvalue weighted by Crippen LogP contribution is 2.28. The Morgan fingerprint density at radius 1 is 1.43 bits per heavy atom. The molecule has 0 aliphatic heterocycles. The summed E-state index contributed by atoms with van der Waals surface area (Å²) in [5.41, 5.74) is 5.56. The standard InChI is InChI=1S/C13H18BrFN2O3S/c14-11-5-10(7-16)13(15)12(6-11)21(18,19)17-3-4-20-8-9-1-2-9/h5-6,9,17H,1-4,7-8,16H2. The summed E-state index contributed by atoms with van der Waals surface area (Å²) < 4.78 is 46.5. The Morgan fingerprint density at radius 2 is 2.14 bits per heavy atom. The van der Waals surface area contributed by atoms with Gasteiger partial charge in [0.05, 0.1) is 6.61 Å². The molecule has 1 fully saturated rings. The summed E-state index contributed by atoms with van der Waals surface area (Å²) in [5, 5.41) is 0. The van der Waals surface area contributed by atoms with Gasteiger partial charge in [-0.25, -0.2) is 17.5 Å². The van der Waals surface area contributed by atoms with E-state index in [1.165, 1.54) is 25.0 Å². The first-order valence-corrected chi connectivity index (χ1v) is 8.97. The Labute approximate surface area is 132 Å². The molecule has 1 aliphatic rings. The number of nitrogens with one attached hydrogen (secondary N) is 1. The summed E-state index contributed by atoms with van der Waals surface area (Å²) in [6.07, 6.45) is 2.35. The second kappa shape index (κ2) is 7.15. The van der Waals surface area contributed by atoms with Crippen LogP contribution in [0.15, 0.2) is 21.5 Å². The molecule has 0 radical (unpaired) electrons. The molecule has 1 aromatic carbocycles. The molecule has 8 heteroatoms. The zero-order chi connectivity index (χ0) is 15.5. The first kappa shape index (κ1) is 16.8. The largest absolute Gasteiger partial charge is 0.380 e. The Kier molecular flexibility index (Phi) is 5.73. The van der Waals surface area contributed by atoms with Gasteiger partial charge in [-0.15, -0.1) is 0 Å². The summed E-state index contributed by atoms with van der Waals surface area (Å²) in [7, 11) is -3.92. The van der Waals surface area contributed by atoms with Gasteiger partial charge in [-0.3, -0.25) is 0 Å². The molecule has 0 unspecified atom stereocenters. The molecule has 5 nitrogen and oxygen atoms in total. The van der Waals surface area contributed by atoms with Crippen LogP contribution in [0.25, 0.3) is 0 Å². The van der Waals surface area contributed by atoms with E-state index in [0.717, 1.165) is 0 Å². The van der Waals surface area contributed by atoms with E-state index < -0.39 is 20.7 Å². The lowest BCUT2D eigenvalue weighted by Gasteiger charge is -2.11. The van der Waals surface area contributed by atoms with E-state index in [2.05, 4.69) is 20.7 Å². The van der Waals surface area contributed by atoms with Crippen LogP contribution >= 0.6 is 15.9 Å². The third-order valence-corrected chi connectivity index (χ3v) is 5.10. The number of ether oxygens (including phenoxy) is 1. The Balaban J connectivity index is 1.99. The van der Waals surface area contributed by atoms with Crippen molar-refractivity contribution >= 4 is 26.0 Å². The molecular formula is C13H18BrFN2O3S. The zero-order valence-electron chi connectivity index (χ0n) is 11.4. The highest BCUT2D eigenvalue weighted by Gasteiger charge is 2.23. The van der Waals surface area contributed by atoms with Gasteiger partial charge in [-0.05, 0) is 30.9 Å². The van der Waals surface area contributed by atoms with Crippen LogP contribution in [0.3, 0.4) is 0 Å². The van der Waals surface area contributed by atoms with Gasteiger partial charge < -0.3 is 10.5 Å². The summed E-state index contributed by atoms with van der Waals surface area (Å²) in [6.45, 7) is 0.969. The Hall–Kier alpha value is -0.540. The van der Waals surface area contributed by atoms with Gasteiger partial charge in [0.2, 0.25) is 10.0 Å². The van der Waals surface area contributed by atoms with Crippen molar-refractivity contribution in [1.29, 1.82) is 0 Å². The number of rotatable bonds is 8. The number of benzene rings is 1. The van der Waals surface area contributed by atoms with Crippen LogP contribution in [0.5, 0.6) is 0 Å². The predicted octanol–water partition coefficient (Wildman–Crippen LogP) is 1.75. The second-order valence-electron chi connectivity index (χ2n) is 5.00. The summed E-state index contributed by atoms with van der Waals surface area (Å²) >= 11 is 3.16. The smallest absolute Gasteiger partial charge is 0.243 e. The zero-order valence-corrected chi connectivity index (χ0v) is 13.8. The summed E-state index contributed by atoms with van der Waals surface area (Å²) in [6, 6.07) is 2.69. The minimum Gasteiger partial charge on any atom is -0.380 e. The van der Waals surface area contributed by atoms with Gasteiger partial charge in [-0.1, -0.05) is 15.9 Å². The van der Waals surface area contributed by atoms with Crippen LogP contribution in [0.4, 0.5) is 4.39 Å². The van der Waals surface area contributed by atoms with Gasteiger partial charge >= 0.3 is 0 Å². The van der Waals surface area contributed by atoms with Crippen molar-refractivity contribution in [3.8, 4) is 0 Å². The van der Waals surface area contributed by atoms with Gasteiger partial charge in [0, 0.05) is 29.7 Å². The molecule has 3 N–H and O–H groups in total.